The Morgan fingerprint density at radius 1 is 1.26 bits per heavy atom. The number of sulfonamides is 1. The fraction of sp³-hybridized carbons (Fsp3) is 0.333. The highest BCUT2D eigenvalue weighted by Gasteiger charge is 2.19. The van der Waals surface area contributed by atoms with Gasteiger partial charge in [0.05, 0.1) is 17.6 Å². The van der Waals surface area contributed by atoms with E-state index in [-0.39, 0.29) is 22.8 Å². The number of primary amides is 1. The summed E-state index contributed by atoms with van der Waals surface area (Å²) in [7, 11) is -2.43. The molecule has 0 spiro atoms. The molecule has 1 amide bonds. The summed E-state index contributed by atoms with van der Waals surface area (Å²) in [6.07, 6.45) is 3.95. The van der Waals surface area contributed by atoms with Crippen LogP contribution in [0.15, 0.2) is 41.4 Å². The third-order valence-corrected chi connectivity index (χ3v) is 5.85. The molecule has 8 nitrogen and oxygen atoms in total. The predicted octanol–water partition coefficient (Wildman–Crippen LogP) is 1.27. The molecule has 1 aliphatic rings. The number of methoxy groups -OCH3 is 1. The number of ether oxygens (including phenoxy) is 1. The van der Waals surface area contributed by atoms with Crippen molar-refractivity contribution in [3.05, 3.63) is 47.7 Å². The molecule has 1 aromatic heterocycles. The van der Waals surface area contributed by atoms with Crippen LogP contribution in [0.2, 0.25) is 0 Å². The molecule has 144 valence electrons. The van der Waals surface area contributed by atoms with E-state index in [0.717, 1.165) is 37.3 Å². The number of nitrogens with zero attached hydrogens (tertiary/aromatic N) is 2. The molecule has 0 atom stereocenters. The Morgan fingerprint density at radius 3 is 2.67 bits per heavy atom. The number of hydrogen-bond acceptors (Lipinski definition) is 6. The van der Waals surface area contributed by atoms with Crippen molar-refractivity contribution in [1.29, 1.82) is 0 Å². The van der Waals surface area contributed by atoms with E-state index in [4.69, 9.17) is 10.5 Å². The van der Waals surface area contributed by atoms with Gasteiger partial charge in [-0.15, -0.1) is 0 Å². The second-order valence-corrected chi connectivity index (χ2v) is 8.03. The molecule has 1 fully saturated rings. The van der Waals surface area contributed by atoms with Crippen LogP contribution < -0.4 is 20.1 Å². The van der Waals surface area contributed by atoms with Gasteiger partial charge in [-0.25, -0.2) is 18.1 Å². The van der Waals surface area contributed by atoms with Crippen molar-refractivity contribution < 1.29 is 17.9 Å². The maximum absolute atomic E-state index is 12.6. The molecule has 3 rings (SSSR count). The molecule has 9 heteroatoms. The van der Waals surface area contributed by atoms with Crippen LogP contribution in [0.3, 0.4) is 0 Å². The SMILES string of the molecule is COc1ccc(S(=O)(=O)NCc2ccnc(N3CCCC3)c2)cc1C(N)=O. The first kappa shape index (κ1) is 19.1. The standard InChI is InChI=1S/C18H22N4O4S/c1-26-16-5-4-14(11-15(16)18(19)23)27(24,25)21-12-13-6-7-20-17(10-13)22-8-2-3-9-22/h4-7,10-11,21H,2-3,8-9,12H2,1H3,(H2,19,23). The van der Waals surface area contributed by atoms with Crippen molar-refractivity contribution in [3.8, 4) is 5.75 Å². The number of pyridine rings is 1. The Kier molecular flexibility index (Phi) is 5.62. The van der Waals surface area contributed by atoms with E-state index >= 15 is 0 Å². The molecule has 0 radical (unpaired) electrons. The van der Waals surface area contributed by atoms with E-state index in [1.54, 1.807) is 12.3 Å². The van der Waals surface area contributed by atoms with Gasteiger partial charge in [0, 0.05) is 25.8 Å². The van der Waals surface area contributed by atoms with Gasteiger partial charge >= 0.3 is 0 Å². The van der Waals surface area contributed by atoms with Crippen LogP contribution >= 0.6 is 0 Å². The van der Waals surface area contributed by atoms with E-state index < -0.39 is 15.9 Å². The number of nitrogens with two attached hydrogens (primary N) is 1. The number of benzene rings is 1. The summed E-state index contributed by atoms with van der Waals surface area (Å²) in [5, 5.41) is 0. The second kappa shape index (κ2) is 7.93. The number of rotatable bonds is 7. The smallest absolute Gasteiger partial charge is 0.252 e. The first-order valence-electron chi connectivity index (χ1n) is 8.58. The van der Waals surface area contributed by atoms with E-state index in [9.17, 15) is 13.2 Å². The van der Waals surface area contributed by atoms with Crippen molar-refractivity contribution in [2.75, 3.05) is 25.1 Å². The van der Waals surface area contributed by atoms with Crippen molar-refractivity contribution in [2.45, 2.75) is 24.3 Å². The van der Waals surface area contributed by atoms with E-state index in [1.165, 1.54) is 25.3 Å². The molecule has 1 aliphatic heterocycles. The summed E-state index contributed by atoms with van der Waals surface area (Å²) in [5.41, 5.74) is 6.12. The minimum atomic E-state index is -3.82. The first-order chi connectivity index (χ1) is 12.9. The molecule has 3 N–H and O–H groups in total. The molecular weight excluding hydrogens is 368 g/mol. The zero-order valence-corrected chi connectivity index (χ0v) is 15.8. The van der Waals surface area contributed by atoms with Gasteiger partial charge in [0.2, 0.25) is 10.0 Å². The number of nitrogens with one attached hydrogen (secondary N) is 1. The summed E-state index contributed by atoms with van der Waals surface area (Å²) in [4.78, 5) is 18.0. The van der Waals surface area contributed by atoms with Gasteiger partial charge in [-0.1, -0.05) is 0 Å². The van der Waals surface area contributed by atoms with Crippen LogP contribution in [0.1, 0.15) is 28.8 Å². The number of aromatic nitrogens is 1. The van der Waals surface area contributed by atoms with Gasteiger partial charge in [-0.05, 0) is 48.7 Å². The molecule has 2 heterocycles. The fourth-order valence-electron chi connectivity index (χ4n) is 3.00. The van der Waals surface area contributed by atoms with Crippen molar-refractivity contribution in [3.63, 3.8) is 0 Å². The lowest BCUT2D eigenvalue weighted by molar-refractivity contribution is 0.0997. The van der Waals surface area contributed by atoms with Crippen LogP contribution in [-0.4, -0.2) is 39.5 Å². The molecule has 2 aromatic rings. The minimum absolute atomic E-state index is 0.0144. The quantitative estimate of drug-likeness (QED) is 0.736. The highest BCUT2D eigenvalue weighted by molar-refractivity contribution is 7.89. The molecule has 0 bridgehead atoms. The van der Waals surface area contributed by atoms with Gasteiger partial charge in [0.15, 0.2) is 0 Å². The second-order valence-electron chi connectivity index (χ2n) is 6.27. The average molecular weight is 390 g/mol. The maximum Gasteiger partial charge on any atom is 0.252 e. The number of anilines is 1. The third-order valence-electron chi connectivity index (χ3n) is 4.45. The number of carbonyl (C=O) groups excluding carboxylic acids is 1. The molecule has 1 aromatic carbocycles. The van der Waals surface area contributed by atoms with Crippen molar-refractivity contribution >= 4 is 21.7 Å². The zero-order chi connectivity index (χ0) is 19.4. The maximum atomic E-state index is 12.6. The minimum Gasteiger partial charge on any atom is -0.496 e. The van der Waals surface area contributed by atoms with Crippen LogP contribution in [-0.2, 0) is 16.6 Å². The summed E-state index contributed by atoms with van der Waals surface area (Å²) in [6.45, 7) is 2.04. The van der Waals surface area contributed by atoms with Gasteiger partial charge in [0.1, 0.15) is 11.6 Å². The lowest BCUT2D eigenvalue weighted by Crippen LogP contribution is -2.24. The van der Waals surface area contributed by atoms with E-state index in [2.05, 4.69) is 14.6 Å². The van der Waals surface area contributed by atoms with Gasteiger partial charge in [-0.2, -0.15) is 0 Å². The number of carbonyl (C=O) groups is 1. The summed E-state index contributed by atoms with van der Waals surface area (Å²) >= 11 is 0. The Hall–Kier alpha value is -2.65. The first-order valence-corrected chi connectivity index (χ1v) is 10.1. The molecular formula is C18H22N4O4S. The van der Waals surface area contributed by atoms with Gasteiger partial charge in [0.25, 0.3) is 5.91 Å². The predicted molar refractivity (Wildman–Crippen MR) is 101 cm³/mol. The molecule has 0 aliphatic carbocycles. The fourth-order valence-corrected chi connectivity index (χ4v) is 4.04. The Morgan fingerprint density at radius 2 is 2.00 bits per heavy atom. The van der Waals surface area contributed by atoms with Crippen molar-refractivity contribution in [1.82, 2.24) is 9.71 Å². The Bertz CT molecular complexity index is 940. The Labute approximate surface area is 158 Å². The summed E-state index contributed by atoms with van der Waals surface area (Å²) < 4.78 is 32.8. The molecule has 0 unspecified atom stereocenters. The monoisotopic (exact) mass is 390 g/mol. The molecule has 0 saturated carbocycles. The Balaban J connectivity index is 1.76. The third kappa shape index (κ3) is 4.37. The number of hydrogen-bond donors (Lipinski definition) is 2. The van der Waals surface area contributed by atoms with Crippen molar-refractivity contribution in [2.24, 2.45) is 5.73 Å². The van der Waals surface area contributed by atoms with Gasteiger partial charge in [-0.3, -0.25) is 4.79 Å². The van der Waals surface area contributed by atoms with Crippen LogP contribution in [0.4, 0.5) is 5.82 Å². The van der Waals surface area contributed by atoms with E-state index in [1.807, 2.05) is 6.07 Å². The van der Waals surface area contributed by atoms with Gasteiger partial charge < -0.3 is 15.4 Å². The molecule has 27 heavy (non-hydrogen) atoms. The van der Waals surface area contributed by atoms with Crippen LogP contribution in [0.25, 0.3) is 0 Å². The largest absolute Gasteiger partial charge is 0.496 e. The summed E-state index contributed by atoms with van der Waals surface area (Å²) in [5.74, 6) is 0.323. The van der Waals surface area contributed by atoms with Crippen LogP contribution in [0, 0.1) is 0 Å². The number of amides is 1. The topological polar surface area (TPSA) is 115 Å². The lowest BCUT2D eigenvalue weighted by atomic mass is 10.2. The average Bonchev–Trinajstić information content (AvgIpc) is 3.21. The summed E-state index contributed by atoms with van der Waals surface area (Å²) in [6, 6.07) is 7.65. The molecule has 1 saturated heterocycles. The van der Waals surface area contributed by atoms with Crippen LogP contribution in [0.5, 0.6) is 5.75 Å². The van der Waals surface area contributed by atoms with E-state index in [0.29, 0.717) is 0 Å². The normalized spacial score (nSPS) is 14.3. The highest BCUT2D eigenvalue weighted by Crippen LogP contribution is 2.23. The lowest BCUT2D eigenvalue weighted by Gasteiger charge is -2.17. The highest BCUT2D eigenvalue weighted by atomic mass is 32.2. The zero-order valence-electron chi connectivity index (χ0n) is 15.0.